The summed E-state index contributed by atoms with van der Waals surface area (Å²) >= 11 is 0. The first kappa shape index (κ1) is 15.0. The summed E-state index contributed by atoms with van der Waals surface area (Å²) in [6, 6.07) is 0.745. The molecular weight excluding hydrogens is 208 g/mol. The van der Waals surface area contributed by atoms with Gasteiger partial charge < -0.3 is 10.2 Å². The average Bonchev–Trinajstić information content (AvgIpc) is 3.16. The maximum Gasteiger partial charge on any atom is 0.00649 e. The van der Waals surface area contributed by atoms with Gasteiger partial charge in [-0.15, -0.1) is 0 Å². The lowest BCUT2D eigenvalue weighted by Gasteiger charge is -2.22. The van der Waals surface area contributed by atoms with Gasteiger partial charge in [-0.05, 0) is 64.1 Å². The lowest BCUT2D eigenvalue weighted by atomic mass is 10.1. The maximum absolute atomic E-state index is 3.65. The first-order chi connectivity index (χ1) is 8.30. The molecule has 1 saturated carbocycles. The Balaban J connectivity index is 2.05. The Morgan fingerprint density at radius 2 is 2.00 bits per heavy atom. The van der Waals surface area contributed by atoms with Gasteiger partial charge in [-0.3, -0.25) is 0 Å². The highest BCUT2D eigenvalue weighted by molar-refractivity contribution is 4.77. The maximum atomic E-state index is 3.65. The van der Waals surface area contributed by atoms with Crippen LogP contribution >= 0.6 is 0 Å². The second kappa shape index (κ2) is 8.93. The van der Waals surface area contributed by atoms with Crippen molar-refractivity contribution < 1.29 is 0 Å². The molecule has 2 heteroatoms. The minimum atomic E-state index is 0.745. The van der Waals surface area contributed by atoms with Crippen LogP contribution in [0.4, 0.5) is 0 Å². The van der Waals surface area contributed by atoms with Gasteiger partial charge in [-0.1, -0.05) is 20.8 Å². The van der Waals surface area contributed by atoms with Crippen LogP contribution in [0.15, 0.2) is 0 Å². The van der Waals surface area contributed by atoms with Gasteiger partial charge >= 0.3 is 0 Å². The zero-order valence-corrected chi connectivity index (χ0v) is 12.2. The Morgan fingerprint density at radius 3 is 2.53 bits per heavy atom. The molecule has 1 atom stereocenters. The summed E-state index contributed by atoms with van der Waals surface area (Å²) in [6.07, 6.45) is 8.18. The van der Waals surface area contributed by atoms with Crippen LogP contribution in [0.1, 0.15) is 59.3 Å². The molecule has 0 saturated heterocycles. The predicted octanol–water partition coefficient (Wildman–Crippen LogP) is 3.28. The van der Waals surface area contributed by atoms with E-state index in [9.17, 15) is 0 Å². The topological polar surface area (TPSA) is 15.3 Å². The Labute approximate surface area is 108 Å². The normalized spacial score (nSPS) is 17.6. The fourth-order valence-electron chi connectivity index (χ4n) is 2.40. The van der Waals surface area contributed by atoms with Crippen LogP contribution in [0.25, 0.3) is 0 Å². The molecule has 17 heavy (non-hydrogen) atoms. The number of nitrogens with one attached hydrogen (secondary N) is 1. The minimum absolute atomic E-state index is 0.745. The molecule has 1 aliphatic carbocycles. The minimum Gasteiger partial charge on any atom is -0.314 e. The lowest BCUT2D eigenvalue weighted by molar-refractivity contribution is 0.264. The van der Waals surface area contributed by atoms with Crippen molar-refractivity contribution in [3.63, 3.8) is 0 Å². The van der Waals surface area contributed by atoms with E-state index in [2.05, 4.69) is 31.0 Å². The standard InChI is InChI=1S/C15H32N2/c1-4-11-16-15(5-2)8-7-12-17(6-3)13-14-9-10-14/h14-16H,4-13H2,1-3H3. The van der Waals surface area contributed by atoms with Gasteiger partial charge in [0, 0.05) is 12.6 Å². The van der Waals surface area contributed by atoms with Gasteiger partial charge in [0.15, 0.2) is 0 Å². The van der Waals surface area contributed by atoms with Crippen molar-refractivity contribution in [2.75, 3.05) is 26.2 Å². The molecule has 1 unspecified atom stereocenters. The molecule has 102 valence electrons. The van der Waals surface area contributed by atoms with Gasteiger partial charge in [0.05, 0.1) is 0 Å². The van der Waals surface area contributed by atoms with Gasteiger partial charge in [0.2, 0.25) is 0 Å². The zero-order valence-electron chi connectivity index (χ0n) is 12.2. The Bertz CT molecular complexity index is 178. The fourth-order valence-corrected chi connectivity index (χ4v) is 2.40. The van der Waals surface area contributed by atoms with Crippen LogP contribution < -0.4 is 5.32 Å². The SMILES string of the molecule is CCCNC(CC)CCCN(CC)CC1CC1. The van der Waals surface area contributed by atoms with E-state index in [1.807, 2.05) is 0 Å². The monoisotopic (exact) mass is 240 g/mol. The molecule has 0 heterocycles. The average molecular weight is 240 g/mol. The Kier molecular flexibility index (Phi) is 7.87. The molecule has 0 aromatic carbocycles. The number of nitrogens with zero attached hydrogens (tertiary/aromatic N) is 1. The molecule has 0 spiro atoms. The second-order valence-electron chi connectivity index (χ2n) is 5.54. The van der Waals surface area contributed by atoms with Crippen LogP contribution in [0, 0.1) is 5.92 Å². The summed E-state index contributed by atoms with van der Waals surface area (Å²) in [5.41, 5.74) is 0. The van der Waals surface area contributed by atoms with E-state index in [0.717, 1.165) is 12.0 Å². The van der Waals surface area contributed by atoms with E-state index >= 15 is 0 Å². The van der Waals surface area contributed by atoms with E-state index in [-0.39, 0.29) is 0 Å². The van der Waals surface area contributed by atoms with E-state index in [1.54, 1.807) is 0 Å². The molecule has 1 rings (SSSR count). The highest BCUT2D eigenvalue weighted by Crippen LogP contribution is 2.29. The summed E-state index contributed by atoms with van der Waals surface area (Å²) < 4.78 is 0. The molecule has 0 bridgehead atoms. The predicted molar refractivity (Wildman–Crippen MR) is 76.4 cm³/mol. The van der Waals surface area contributed by atoms with Crippen molar-refractivity contribution in [3.05, 3.63) is 0 Å². The third-order valence-electron chi connectivity index (χ3n) is 3.86. The molecule has 0 aromatic rings. The van der Waals surface area contributed by atoms with Crippen LogP contribution in [0.2, 0.25) is 0 Å². The largest absolute Gasteiger partial charge is 0.314 e. The highest BCUT2D eigenvalue weighted by atomic mass is 15.1. The smallest absolute Gasteiger partial charge is 0.00649 e. The van der Waals surface area contributed by atoms with E-state index in [0.29, 0.717) is 0 Å². The van der Waals surface area contributed by atoms with E-state index in [4.69, 9.17) is 0 Å². The van der Waals surface area contributed by atoms with Gasteiger partial charge in [-0.25, -0.2) is 0 Å². The Hall–Kier alpha value is -0.0800. The summed E-state index contributed by atoms with van der Waals surface area (Å²) in [5.74, 6) is 1.04. The molecule has 0 aliphatic heterocycles. The van der Waals surface area contributed by atoms with Crippen molar-refractivity contribution >= 4 is 0 Å². The van der Waals surface area contributed by atoms with Crippen LogP contribution in [-0.2, 0) is 0 Å². The molecule has 1 N–H and O–H groups in total. The summed E-state index contributed by atoms with van der Waals surface area (Å²) in [4.78, 5) is 2.64. The summed E-state index contributed by atoms with van der Waals surface area (Å²) in [6.45, 7) is 11.9. The summed E-state index contributed by atoms with van der Waals surface area (Å²) in [5, 5.41) is 3.65. The van der Waals surface area contributed by atoms with Crippen molar-refractivity contribution in [1.82, 2.24) is 10.2 Å². The number of rotatable bonds is 11. The van der Waals surface area contributed by atoms with Crippen LogP contribution in [0.3, 0.4) is 0 Å². The quantitative estimate of drug-likeness (QED) is 0.596. The fraction of sp³-hybridized carbons (Fsp3) is 1.00. The van der Waals surface area contributed by atoms with Crippen molar-refractivity contribution in [1.29, 1.82) is 0 Å². The molecule has 2 nitrogen and oxygen atoms in total. The first-order valence-electron chi connectivity index (χ1n) is 7.75. The van der Waals surface area contributed by atoms with Crippen LogP contribution in [0.5, 0.6) is 0 Å². The van der Waals surface area contributed by atoms with Gasteiger partial charge in [-0.2, -0.15) is 0 Å². The van der Waals surface area contributed by atoms with Crippen molar-refractivity contribution in [2.24, 2.45) is 5.92 Å². The Morgan fingerprint density at radius 1 is 1.24 bits per heavy atom. The summed E-state index contributed by atoms with van der Waals surface area (Å²) in [7, 11) is 0. The number of hydrogen-bond donors (Lipinski definition) is 1. The molecule has 0 aromatic heterocycles. The van der Waals surface area contributed by atoms with E-state index in [1.165, 1.54) is 64.7 Å². The van der Waals surface area contributed by atoms with E-state index < -0.39 is 0 Å². The van der Waals surface area contributed by atoms with Crippen molar-refractivity contribution in [2.45, 2.75) is 65.3 Å². The zero-order chi connectivity index (χ0) is 12.5. The molecule has 1 aliphatic rings. The molecule has 0 amide bonds. The van der Waals surface area contributed by atoms with Gasteiger partial charge in [0.25, 0.3) is 0 Å². The van der Waals surface area contributed by atoms with Crippen molar-refractivity contribution in [3.8, 4) is 0 Å². The lowest BCUT2D eigenvalue weighted by Crippen LogP contribution is -2.31. The molecular formula is C15H32N2. The third kappa shape index (κ3) is 7.05. The number of hydrogen-bond acceptors (Lipinski definition) is 2. The van der Waals surface area contributed by atoms with Gasteiger partial charge in [0.1, 0.15) is 0 Å². The second-order valence-corrected chi connectivity index (χ2v) is 5.54. The first-order valence-corrected chi connectivity index (χ1v) is 7.75. The molecule has 1 fully saturated rings. The van der Waals surface area contributed by atoms with Crippen LogP contribution in [-0.4, -0.2) is 37.1 Å². The highest BCUT2D eigenvalue weighted by Gasteiger charge is 2.23. The molecule has 0 radical (unpaired) electrons. The third-order valence-corrected chi connectivity index (χ3v) is 3.86.